The molecule has 0 N–H and O–H groups in total. The Balaban J connectivity index is 1.77. The van der Waals surface area contributed by atoms with E-state index in [-0.39, 0.29) is 6.04 Å². The molecule has 3 rings (SSSR count). The predicted molar refractivity (Wildman–Crippen MR) is 97.8 cm³/mol. The van der Waals surface area contributed by atoms with Crippen LogP contribution in [0, 0.1) is 6.92 Å². The summed E-state index contributed by atoms with van der Waals surface area (Å²) in [5, 5.41) is 0. The molecule has 1 fully saturated rings. The van der Waals surface area contributed by atoms with Crippen molar-refractivity contribution in [3.05, 3.63) is 36.3 Å². The average Bonchev–Trinajstić information content (AvgIpc) is 2.61. The van der Waals surface area contributed by atoms with E-state index in [0.29, 0.717) is 5.82 Å². The van der Waals surface area contributed by atoms with E-state index in [4.69, 9.17) is 4.98 Å². The summed E-state index contributed by atoms with van der Waals surface area (Å²) in [6.45, 7) is 3.51. The van der Waals surface area contributed by atoms with Crippen molar-refractivity contribution >= 4 is 15.8 Å². The quantitative estimate of drug-likeness (QED) is 0.825. The standard InChI is InChI=1S/C17H23N5O2S/c1-13-12-16(20-17(19-13)14-4-8-18-9-5-14)22-10-6-15(7-11-22)21(2)25(3,23)24/h4-5,8-9,12,15H,6-7,10-11H2,1-3H3. The Morgan fingerprint density at radius 3 is 2.40 bits per heavy atom. The Morgan fingerprint density at radius 2 is 1.80 bits per heavy atom. The molecule has 0 radical (unpaired) electrons. The van der Waals surface area contributed by atoms with Gasteiger partial charge >= 0.3 is 0 Å². The third kappa shape index (κ3) is 4.13. The summed E-state index contributed by atoms with van der Waals surface area (Å²) in [5.74, 6) is 1.58. The topological polar surface area (TPSA) is 79.3 Å². The summed E-state index contributed by atoms with van der Waals surface area (Å²) in [5.41, 5.74) is 1.85. The minimum Gasteiger partial charge on any atom is -0.356 e. The van der Waals surface area contributed by atoms with Gasteiger partial charge in [-0.3, -0.25) is 4.98 Å². The number of piperidine rings is 1. The van der Waals surface area contributed by atoms with Crippen LogP contribution in [0.25, 0.3) is 11.4 Å². The van der Waals surface area contributed by atoms with E-state index in [0.717, 1.165) is 43.0 Å². The molecular weight excluding hydrogens is 338 g/mol. The molecule has 1 aliphatic rings. The zero-order valence-electron chi connectivity index (χ0n) is 14.8. The maximum absolute atomic E-state index is 11.7. The van der Waals surface area contributed by atoms with Gasteiger partial charge in [-0.1, -0.05) is 0 Å². The highest BCUT2D eigenvalue weighted by Gasteiger charge is 2.27. The van der Waals surface area contributed by atoms with E-state index in [1.54, 1.807) is 19.4 Å². The molecule has 0 aliphatic carbocycles. The van der Waals surface area contributed by atoms with Gasteiger partial charge in [0.2, 0.25) is 10.0 Å². The Bertz CT molecular complexity index is 833. The van der Waals surface area contributed by atoms with Gasteiger partial charge in [0, 0.05) is 55.9 Å². The number of pyridine rings is 1. The van der Waals surface area contributed by atoms with Crippen LogP contribution in [0.1, 0.15) is 18.5 Å². The van der Waals surface area contributed by atoms with Gasteiger partial charge in [0.05, 0.1) is 6.26 Å². The van der Waals surface area contributed by atoms with Crippen LogP contribution >= 0.6 is 0 Å². The van der Waals surface area contributed by atoms with Gasteiger partial charge in [-0.05, 0) is 31.9 Å². The molecular formula is C17H23N5O2S. The Kier molecular flexibility index (Phi) is 5.01. The zero-order valence-corrected chi connectivity index (χ0v) is 15.6. The molecule has 8 heteroatoms. The fourth-order valence-corrected chi connectivity index (χ4v) is 3.83. The summed E-state index contributed by atoms with van der Waals surface area (Å²) in [6.07, 6.45) is 6.29. The third-order valence-corrected chi connectivity index (χ3v) is 5.95. The van der Waals surface area contributed by atoms with Crippen LogP contribution in [0.3, 0.4) is 0 Å². The largest absolute Gasteiger partial charge is 0.356 e. The SMILES string of the molecule is Cc1cc(N2CCC(N(C)S(C)(=O)=O)CC2)nc(-c2ccncc2)n1. The number of aromatic nitrogens is 3. The van der Waals surface area contributed by atoms with E-state index < -0.39 is 10.0 Å². The smallest absolute Gasteiger partial charge is 0.211 e. The van der Waals surface area contributed by atoms with Gasteiger partial charge in [0.1, 0.15) is 5.82 Å². The molecule has 2 aromatic rings. The lowest BCUT2D eigenvalue weighted by atomic mass is 10.1. The lowest BCUT2D eigenvalue weighted by molar-refractivity contribution is 0.313. The first kappa shape index (κ1) is 17.8. The number of aryl methyl sites for hydroxylation is 1. The van der Waals surface area contributed by atoms with Crippen LogP contribution in [0.2, 0.25) is 0 Å². The first-order chi connectivity index (χ1) is 11.8. The van der Waals surface area contributed by atoms with Crippen molar-refractivity contribution in [2.24, 2.45) is 0 Å². The molecule has 0 aromatic carbocycles. The molecule has 25 heavy (non-hydrogen) atoms. The van der Waals surface area contributed by atoms with Crippen molar-refractivity contribution < 1.29 is 8.42 Å². The average molecular weight is 361 g/mol. The lowest BCUT2D eigenvalue weighted by Gasteiger charge is -2.36. The van der Waals surface area contributed by atoms with Gasteiger partial charge < -0.3 is 4.90 Å². The molecule has 134 valence electrons. The van der Waals surface area contributed by atoms with Crippen molar-refractivity contribution in [3.8, 4) is 11.4 Å². The van der Waals surface area contributed by atoms with Gasteiger partial charge in [-0.2, -0.15) is 0 Å². The second kappa shape index (κ2) is 7.05. The number of nitrogens with zero attached hydrogens (tertiary/aromatic N) is 5. The summed E-state index contributed by atoms with van der Waals surface area (Å²) in [4.78, 5) is 15.5. The van der Waals surface area contributed by atoms with Crippen molar-refractivity contribution in [1.29, 1.82) is 0 Å². The van der Waals surface area contributed by atoms with Crippen molar-refractivity contribution in [1.82, 2.24) is 19.3 Å². The third-order valence-electron chi connectivity index (χ3n) is 4.61. The molecule has 0 unspecified atom stereocenters. The van der Waals surface area contributed by atoms with Crippen LogP contribution < -0.4 is 4.90 Å². The van der Waals surface area contributed by atoms with Gasteiger partial charge in [0.15, 0.2) is 5.82 Å². The number of hydrogen-bond donors (Lipinski definition) is 0. The van der Waals surface area contributed by atoms with Crippen LogP contribution in [0.5, 0.6) is 0 Å². The van der Waals surface area contributed by atoms with Crippen LogP contribution in [0.15, 0.2) is 30.6 Å². The van der Waals surface area contributed by atoms with E-state index in [1.165, 1.54) is 10.6 Å². The minimum absolute atomic E-state index is 0.0499. The maximum Gasteiger partial charge on any atom is 0.211 e. The number of rotatable bonds is 4. The summed E-state index contributed by atoms with van der Waals surface area (Å²) < 4.78 is 24.9. The van der Waals surface area contributed by atoms with Crippen molar-refractivity contribution in [2.45, 2.75) is 25.8 Å². The molecule has 0 atom stereocenters. The normalized spacial score (nSPS) is 16.4. The Labute approximate surface area is 148 Å². The van der Waals surface area contributed by atoms with E-state index in [9.17, 15) is 8.42 Å². The maximum atomic E-state index is 11.7. The highest BCUT2D eigenvalue weighted by molar-refractivity contribution is 7.88. The molecule has 1 saturated heterocycles. The highest BCUT2D eigenvalue weighted by Crippen LogP contribution is 2.24. The molecule has 1 aliphatic heterocycles. The van der Waals surface area contributed by atoms with E-state index >= 15 is 0 Å². The second-order valence-corrected chi connectivity index (χ2v) is 8.47. The Morgan fingerprint density at radius 1 is 1.16 bits per heavy atom. The monoisotopic (exact) mass is 361 g/mol. The number of anilines is 1. The molecule has 3 heterocycles. The highest BCUT2D eigenvalue weighted by atomic mass is 32.2. The van der Waals surface area contributed by atoms with Gasteiger partial charge in [-0.25, -0.2) is 22.7 Å². The van der Waals surface area contributed by atoms with Crippen molar-refractivity contribution in [2.75, 3.05) is 31.3 Å². The summed E-state index contributed by atoms with van der Waals surface area (Å²) in [6, 6.07) is 5.82. The molecule has 0 spiro atoms. The van der Waals surface area contributed by atoms with Gasteiger partial charge in [0.25, 0.3) is 0 Å². The fraction of sp³-hybridized carbons (Fsp3) is 0.471. The number of hydrogen-bond acceptors (Lipinski definition) is 6. The van der Waals surface area contributed by atoms with Crippen LogP contribution in [-0.4, -0.2) is 60.1 Å². The molecule has 0 amide bonds. The van der Waals surface area contributed by atoms with Crippen LogP contribution in [0.4, 0.5) is 5.82 Å². The minimum atomic E-state index is -3.15. The molecule has 2 aromatic heterocycles. The molecule has 0 bridgehead atoms. The summed E-state index contributed by atoms with van der Waals surface area (Å²) in [7, 11) is -1.49. The number of sulfonamides is 1. The first-order valence-electron chi connectivity index (χ1n) is 8.28. The lowest BCUT2D eigenvalue weighted by Crippen LogP contribution is -2.45. The predicted octanol–water partition coefficient (Wildman–Crippen LogP) is 1.71. The first-order valence-corrected chi connectivity index (χ1v) is 10.1. The second-order valence-electron chi connectivity index (χ2n) is 6.42. The fourth-order valence-electron chi connectivity index (χ4n) is 3.07. The van der Waals surface area contributed by atoms with Gasteiger partial charge in [-0.15, -0.1) is 0 Å². The zero-order chi connectivity index (χ0) is 18.0. The van der Waals surface area contributed by atoms with E-state index in [2.05, 4.69) is 14.9 Å². The molecule has 7 nitrogen and oxygen atoms in total. The van der Waals surface area contributed by atoms with Crippen LogP contribution in [-0.2, 0) is 10.0 Å². The van der Waals surface area contributed by atoms with Crippen molar-refractivity contribution in [3.63, 3.8) is 0 Å². The summed E-state index contributed by atoms with van der Waals surface area (Å²) >= 11 is 0. The Hall–Kier alpha value is -2.06. The van der Waals surface area contributed by atoms with E-state index in [1.807, 2.05) is 25.1 Å². The molecule has 0 saturated carbocycles.